The van der Waals surface area contributed by atoms with Gasteiger partial charge in [-0.2, -0.15) is 0 Å². The van der Waals surface area contributed by atoms with Crippen LogP contribution in [0.5, 0.6) is 0 Å². The van der Waals surface area contributed by atoms with E-state index in [-0.39, 0.29) is 6.04 Å². The highest BCUT2D eigenvalue weighted by atomic mass is 32.2. The number of carboxylic acids is 1. The van der Waals surface area contributed by atoms with Crippen molar-refractivity contribution in [3.63, 3.8) is 0 Å². The second-order valence-corrected chi connectivity index (χ2v) is 8.02. The number of sulfone groups is 1. The molecule has 0 aliphatic heterocycles. The summed E-state index contributed by atoms with van der Waals surface area (Å²) in [6.45, 7) is 2.19. The van der Waals surface area contributed by atoms with Crippen LogP contribution in [0.25, 0.3) is 0 Å². The highest BCUT2D eigenvalue weighted by molar-refractivity contribution is 7.94. The number of rotatable bonds is 5. The van der Waals surface area contributed by atoms with Crippen LogP contribution >= 0.6 is 0 Å². The molecule has 1 saturated carbocycles. The summed E-state index contributed by atoms with van der Waals surface area (Å²) in [6.07, 6.45) is 4.90. The zero-order valence-electron chi connectivity index (χ0n) is 11.3. The summed E-state index contributed by atoms with van der Waals surface area (Å²) in [5.74, 6) is -2.83. The Balaban J connectivity index is 2.63. The summed E-state index contributed by atoms with van der Waals surface area (Å²) >= 11 is 0. The molecule has 0 atom stereocenters. The van der Waals surface area contributed by atoms with Gasteiger partial charge in [0.2, 0.25) is 5.91 Å². The van der Waals surface area contributed by atoms with Gasteiger partial charge in [0.05, 0.1) is 0 Å². The van der Waals surface area contributed by atoms with Gasteiger partial charge in [-0.3, -0.25) is 9.59 Å². The van der Waals surface area contributed by atoms with Crippen molar-refractivity contribution < 1.29 is 23.1 Å². The third-order valence-corrected chi connectivity index (χ3v) is 5.96. The monoisotopic (exact) mass is 291 g/mol. The Hall–Kier alpha value is -1.11. The fourth-order valence-corrected chi connectivity index (χ4v) is 3.06. The van der Waals surface area contributed by atoms with Crippen molar-refractivity contribution >= 4 is 21.7 Å². The molecule has 19 heavy (non-hydrogen) atoms. The Morgan fingerprint density at radius 3 is 2.21 bits per heavy atom. The molecular formula is C12H21NO5S. The number of carbonyl (C=O) groups excluding carboxylic acids is 1. The maximum atomic E-state index is 11.9. The summed E-state index contributed by atoms with van der Waals surface area (Å²) < 4.78 is 21.9. The maximum absolute atomic E-state index is 11.9. The zero-order chi connectivity index (χ0) is 14.7. The van der Waals surface area contributed by atoms with E-state index in [1.807, 2.05) is 0 Å². The van der Waals surface area contributed by atoms with Crippen LogP contribution in [0.1, 0.15) is 46.0 Å². The molecule has 1 amide bonds. The van der Waals surface area contributed by atoms with Crippen molar-refractivity contribution in [1.29, 1.82) is 0 Å². The van der Waals surface area contributed by atoms with Crippen molar-refractivity contribution in [1.82, 2.24) is 5.32 Å². The van der Waals surface area contributed by atoms with Crippen LogP contribution in [0.15, 0.2) is 0 Å². The van der Waals surface area contributed by atoms with Crippen LogP contribution < -0.4 is 5.32 Å². The smallest absolute Gasteiger partial charge is 0.324 e. The molecule has 7 heteroatoms. The van der Waals surface area contributed by atoms with E-state index < -0.39 is 32.2 Å². The molecule has 0 radical (unpaired) electrons. The molecule has 1 fully saturated rings. The molecule has 0 heterocycles. The van der Waals surface area contributed by atoms with E-state index in [2.05, 4.69) is 5.32 Å². The van der Waals surface area contributed by atoms with Crippen molar-refractivity contribution in [2.75, 3.05) is 5.75 Å². The normalized spacial score (nSPS) is 18.0. The molecule has 0 aromatic rings. The second-order valence-electron chi connectivity index (χ2n) is 5.48. The molecule has 0 bridgehead atoms. The predicted octanol–water partition coefficient (Wildman–Crippen LogP) is 0.713. The van der Waals surface area contributed by atoms with Gasteiger partial charge in [0.15, 0.2) is 14.6 Å². The lowest BCUT2D eigenvalue weighted by molar-refractivity contribution is -0.139. The average molecular weight is 291 g/mol. The lowest BCUT2D eigenvalue weighted by atomic mass is 9.95. The number of hydrogen-bond acceptors (Lipinski definition) is 4. The molecule has 1 aliphatic rings. The van der Waals surface area contributed by atoms with E-state index in [1.54, 1.807) is 0 Å². The second kappa shape index (κ2) is 5.90. The summed E-state index contributed by atoms with van der Waals surface area (Å²) in [7, 11) is -4.02. The van der Waals surface area contributed by atoms with E-state index in [9.17, 15) is 18.0 Å². The molecular weight excluding hydrogens is 270 g/mol. The first-order valence-electron chi connectivity index (χ1n) is 6.42. The van der Waals surface area contributed by atoms with Gasteiger partial charge in [0, 0.05) is 6.04 Å². The predicted molar refractivity (Wildman–Crippen MR) is 70.5 cm³/mol. The standard InChI is InChI=1S/C12H21NO5S/c1-12(2,11(15)16)19(17,18)8-10(14)13-9-6-4-3-5-7-9/h9H,3-8H2,1-2H3,(H,13,14)(H,15,16). The van der Waals surface area contributed by atoms with E-state index in [0.29, 0.717) is 0 Å². The van der Waals surface area contributed by atoms with E-state index in [4.69, 9.17) is 5.11 Å². The summed E-state index contributed by atoms with van der Waals surface area (Å²) in [5, 5.41) is 11.6. The third kappa shape index (κ3) is 3.92. The molecule has 0 unspecified atom stereocenters. The summed E-state index contributed by atoms with van der Waals surface area (Å²) in [6, 6.07) is 0.0180. The lowest BCUT2D eigenvalue weighted by Crippen LogP contribution is -2.47. The molecule has 0 spiro atoms. The minimum absolute atomic E-state index is 0.0180. The topological polar surface area (TPSA) is 101 Å². The number of hydrogen-bond donors (Lipinski definition) is 2. The fraction of sp³-hybridized carbons (Fsp3) is 0.833. The zero-order valence-corrected chi connectivity index (χ0v) is 12.1. The highest BCUT2D eigenvalue weighted by Gasteiger charge is 2.43. The summed E-state index contributed by atoms with van der Waals surface area (Å²) in [4.78, 5) is 22.6. The quantitative estimate of drug-likeness (QED) is 0.777. The fourth-order valence-electron chi connectivity index (χ4n) is 2.00. The molecule has 1 rings (SSSR count). The first-order valence-corrected chi connectivity index (χ1v) is 8.07. The van der Waals surface area contributed by atoms with Gasteiger partial charge >= 0.3 is 5.97 Å². The molecule has 110 valence electrons. The van der Waals surface area contributed by atoms with Crippen molar-refractivity contribution in [3.05, 3.63) is 0 Å². The van der Waals surface area contributed by atoms with E-state index in [1.165, 1.54) is 0 Å². The molecule has 1 aliphatic carbocycles. The minimum atomic E-state index is -4.02. The SMILES string of the molecule is CC(C)(C(=O)O)S(=O)(=O)CC(=O)NC1CCCCC1. The average Bonchev–Trinajstić information content (AvgIpc) is 2.28. The maximum Gasteiger partial charge on any atom is 0.324 e. The Morgan fingerprint density at radius 1 is 1.21 bits per heavy atom. The van der Waals surface area contributed by atoms with Gasteiger partial charge < -0.3 is 10.4 Å². The molecule has 0 aromatic heterocycles. The van der Waals surface area contributed by atoms with Gasteiger partial charge in [-0.05, 0) is 26.7 Å². The number of carbonyl (C=O) groups is 2. The molecule has 0 aromatic carbocycles. The Morgan fingerprint density at radius 2 is 1.74 bits per heavy atom. The number of aliphatic carboxylic acids is 1. The number of nitrogens with one attached hydrogen (secondary N) is 1. The first-order chi connectivity index (χ1) is 8.67. The van der Waals surface area contributed by atoms with Gasteiger partial charge in [-0.15, -0.1) is 0 Å². The number of amides is 1. The summed E-state index contributed by atoms with van der Waals surface area (Å²) in [5.41, 5.74) is 0. The van der Waals surface area contributed by atoms with Crippen LogP contribution in [0.2, 0.25) is 0 Å². The number of carboxylic acid groups (broad SMARTS) is 1. The third-order valence-electron chi connectivity index (χ3n) is 3.58. The van der Waals surface area contributed by atoms with E-state index >= 15 is 0 Å². The van der Waals surface area contributed by atoms with Crippen molar-refractivity contribution in [3.8, 4) is 0 Å². The van der Waals surface area contributed by atoms with Gasteiger partial charge in [-0.1, -0.05) is 19.3 Å². The van der Waals surface area contributed by atoms with Gasteiger partial charge in [-0.25, -0.2) is 8.42 Å². The molecule has 0 saturated heterocycles. The highest BCUT2D eigenvalue weighted by Crippen LogP contribution is 2.19. The lowest BCUT2D eigenvalue weighted by Gasteiger charge is -2.24. The molecule has 2 N–H and O–H groups in total. The van der Waals surface area contributed by atoms with Crippen LogP contribution in [-0.4, -0.2) is 41.9 Å². The van der Waals surface area contributed by atoms with Crippen molar-refractivity contribution in [2.24, 2.45) is 0 Å². The van der Waals surface area contributed by atoms with Gasteiger partial charge in [0.1, 0.15) is 5.75 Å². The minimum Gasteiger partial charge on any atom is -0.480 e. The Labute approximate surface area is 113 Å². The van der Waals surface area contributed by atoms with Crippen LogP contribution in [0, 0.1) is 0 Å². The first kappa shape index (κ1) is 15.9. The van der Waals surface area contributed by atoms with Crippen molar-refractivity contribution in [2.45, 2.75) is 56.7 Å². The largest absolute Gasteiger partial charge is 0.480 e. The Kier molecular flexibility index (Phi) is 4.95. The Bertz CT molecular complexity index is 449. The van der Waals surface area contributed by atoms with E-state index in [0.717, 1.165) is 46.0 Å². The van der Waals surface area contributed by atoms with Crippen LogP contribution in [0.4, 0.5) is 0 Å². The molecule has 6 nitrogen and oxygen atoms in total. The van der Waals surface area contributed by atoms with Gasteiger partial charge in [0.25, 0.3) is 0 Å². The van der Waals surface area contributed by atoms with Crippen LogP contribution in [-0.2, 0) is 19.4 Å². The van der Waals surface area contributed by atoms with Crippen LogP contribution in [0.3, 0.4) is 0 Å².